The molecule has 0 fully saturated rings. The minimum atomic E-state index is -1.12. The van der Waals surface area contributed by atoms with Crippen molar-refractivity contribution < 1.29 is 44.2 Å². The maximum Gasteiger partial charge on any atom is 1.00 e. The van der Waals surface area contributed by atoms with Gasteiger partial charge in [-0.2, -0.15) is 0 Å². The monoisotopic (exact) mass is 217 g/mol. The molecule has 15 heavy (non-hydrogen) atoms. The van der Waals surface area contributed by atoms with E-state index in [1.807, 2.05) is 0 Å². The van der Waals surface area contributed by atoms with E-state index in [2.05, 4.69) is 4.98 Å². The van der Waals surface area contributed by atoms with Crippen LogP contribution in [0.4, 0.5) is 0 Å². The molecule has 76 valence electrons. The zero-order valence-electron chi connectivity index (χ0n) is 9.19. The Labute approximate surface area is 111 Å². The first-order valence-corrected chi connectivity index (χ1v) is 4.40. The van der Waals surface area contributed by atoms with Crippen molar-refractivity contribution in [2.45, 2.75) is 19.3 Å². The summed E-state index contributed by atoms with van der Waals surface area (Å²) >= 11 is 0. The van der Waals surface area contributed by atoms with E-state index in [0.717, 1.165) is 0 Å². The number of hydrogen-bond acceptors (Lipinski definition) is 4. The van der Waals surface area contributed by atoms with E-state index >= 15 is 0 Å². The van der Waals surface area contributed by atoms with Crippen LogP contribution in [0.25, 0.3) is 0 Å². The van der Waals surface area contributed by atoms with Crippen LogP contribution >= 0.6 is 0 Å². The number of pyridine rings is 1. The van der Waals surface area contributed by atoms with E-state index in [1.54, 1.807) is 25.3 Å². The summed E-state index contributed by atoms with van der Waals surface area (Å²) < 4.78 is 5.02. The van der Waals surface area contributed by atoms with Crippen molar-refractivity contribution in [2.24, 2.45) is 0 Å². The van der Waals surface area contributed by atoms with Gasteiger partial charge in [-0.3, -0.25) is 4.98 Å². The Hall–Kier alpha value is -0.580. The number of nitrogens with zero attached hydrogens (tertiary/aromatic N) is 1. The molecule has 1 rings (SSSR count). The second kappa shape index (κ2) is 6.82. The Morgan fingerprint density at radius 3 is 2.80 bits per heavy atom. The van der Waals surface area contributed by atoms with Crippen molar-refractivity contribution in [3.05, 3.63) is 24.0 Å². The minimum absolute atomic E-state index is 0. The van der Waals surface area contributed by atoms with Gasteiger partial charge in [0.2, 0.25) is 0 Å². The van der Waals surface area contributed by atoms with Crippen molar-refractivity contribution in [1.82, 2.24) is 4.98 Å². The third-order valence-corrected chi connectivity index (χ3v) is 2.04. The zero-order chi connectivity index (χ0) is 10.6. The molecule has 0 amide bonds. The summed E-state index contributed by atoms with van der Waals surface area (Å²) in [5, 5.41) is 10.8. The number of carbonyl (C=O) groups is 1. The van der Waals surface area contributed by atoms with Gasteiger partial charge >= 0.3 is 29.6 Å². The van der Waals surface area contributed by atoms with Crippen molar-refractivity contribution in [1.29, 1.82) is 0 Å². The van der Waals surface area contributed by atoms with Crippen LogP contribution in [0.2, 0.25) is 0 Å². The average Bonchev–Trinajstić information content (AvgIpc) is 2.19. The van der Waals surface area contributed by atoms with Crippen LogP contribution in [-0.2, 0) is 4.79 Å². The number of aliphatic carboxylic acids is 1. The van der Waals surface area contributed by atoms with Gasteiger partial charge in [0.05, 0.1) is 18.8 Å². The topological polar surface area (TPSA) is 62.2 Å². The quantitative estimate of drug-likeness (QED) is 0.516. The van der Waals surface area contributed by atoms with Gasteiger partial charge < -0.3 is 14.6 Å². The molecule has 0 N–H and O–H groups in total. The normalized spacial score (nSPS) is 11.3. The predicted octanol–water partition coefficient (Wildman–Crippen LogP) is -2.66. The Kier molecular flexibility index (Phi) is 6.56. The molecule has 0 saturated carbocycles. The molecule has 0 aliphatic heterocycles. The molecule has 0 aliphatic carbocycles. The number of carbonyl (C=O) groups excluding carboxylic acids is 1. The number of hydrogen-bond donors (Lipinski definition) is 0. The van der Waals surface area contributed by atoms with Crippen LogP contribution < -0.4 is 39.4 Å². The average molecular weight is 217 g/mol. The van der Waals surface area contributed by atoms with Crippen LogP contribution in [0.5, 0.6) is 5.75 Å². The fourth-order valence-electron chi connectivity index (χ4n) is 1.31. The van der Waals surface area contributed by atoms with Crippen LogP contribution in [0.3, 0.4) is 0 Å². The summed E-state index contributed by atoms with van der Waals surface area (Å²) in [6.45, 7) is 1.77. The van der Waals surface area contributed by atoms with Gasteiger partial charge in [0, 0.05) is 12.1 Å². The van der Waals surface area contributed by atoms with E-state index in [0.29, 0.717) is 17.9 Å². The van der Waals surface area contributed by atoms with Crippen LogP contribution in [0.1, 0.15) is 25.0 Å². The number of aromatic nitrogens is 1. The third kappa shape index (κ3) is 3.48. The SMILES string of the molecule is CCC(C(=O)[O-])c1ncccc1OC.[Na+]. The predicted molar refractivity (Wildman–Crippen MR) is 48.8 cm³/mol. The Morgan fingerprint density at radius 2 is 2.33 bits per heavy atom. The molecule has 4 nitrogen and oxygen atoms in total. The van der Waals surface area contributed by atoms with Gasteiger partial charge in [-0.1, -0.05) is 6.92 Å². The molecule has 0 spiro atoms. The Bertz CT molecular complexity index is 330. The molecule has 0 aromatic carbocycles. The van der Waals surface area contributed by atoms with Crippen LogP contribution in [0, 0.1) is 0 Å². The molecule has 1 aromatic rings. The van der Waals surface area contributed by atoms with Gasteiger partial charge in [0.15, 0.2) is 0 Å². The number of carboxylic acid groups (broad SMARTS) is 1. The van der Waals surface area contributed by atoms with Crippen molar-refractivity contribution >= 4 is 5.97 Å². The fourth-order valence-corrected chi connectivity index (χ4v) is 1.31. The second-order valence-electron chi connectivity index (χ2n) is 2.87. The molecule has 5 heteroatoms. The summed E-state index contributed by atoms with van der Waals surface area (Å²) in [5.41, 5.74) is 0.428. The first-order chi connectivity index (χ1) is 6.70. The van der Waals surface area contributed by atoms with E-state index in [4.69, 9.17) is 4.74 Å². The van der Waals surface area contributed by atoms with Gasteiger partial charge in [0.25, 0.3) is 0 Å². The minimum Gasteiger partial charge on any atom is -0.549 e. The van der Waals surface area contributed by atoms with E-state index in [1.165, 1.54) is 7.11 Å². The second-order valence-corrected chi connectivity index (χ2v) is 2.87. The van der Waals surface area contributed by atoms with E-state index in [9.17, 15) is 9.90 Å². The number of ether oxygens (including phenoxy) is 1. The maximum absolute atomic E-state index is 10.8. The summed E-state index contributed by atoms with van der Waals surface area (Å²) in [5.74, 6) is -1.33. The van der Waals surface area contributed by atoms with Gasteiger partial charge in [0.1, 0.15) is 5.75 Å². The molecule has 0 aliphatic rings. The van der Waals surface area contributed by atoms with E-state index < -0.39 is 11.9 Å². The summed E-state index contributed by atoms with van der Waals surface area (Å²) in [7, 11) is 1.49. The summed E-state index contributed by atoms with van der Waals surface area (Å²) in [4.78, 5) is 14.8. The molecule has 1 atom stereocenters. The van der Waals surface area contributed by atoms with Gasteiger partial charge in [-0.15, -0.1) is 0 Å². The van der Waals surface area contributed by atoms with Gasteiger partial charge in [-0.05, 0) is 18.6 Å². The smallest absolute Gasteiger partial charge is 0.549 e. The molecule has 0 bridgehead atoms. The molecule has 1 aromatic heterocycles. The molecular weight excluding hydrogens is 205 g/mol. The third-order valence-electron chi connectivity index (χ3n) is 2.04. The largest absolute Gasteiger partial charge is 1.00 e. The standard InChI is InChI=1S/C10H13NO3.Na/c1-3-7(10(12)13)9-8(14-2)5-4-6-11-9;/h4-7H,3H2,1-2H3,(H,12,13);/q;+1/p-1. The van der Waals surface area contributed by atoms with Crippen LogP contribution in [-0.4, -0.2) is 18.1 Å². The van der Waals surface area contributed by atoms with Crippen molar-refractivity contribution in [2.75, 3.05) is 7.11 Å². The number of methoxy groups -OCH3 is 1. The van der Waals surface area contributed by atoms with Gasteiger partial charge in [-0.25, -0.2) is 0 Å². The van der Waals surface area contributed by atoms with E-state index in [-0.39, 0.29) is 29.6 Å². The molecular formula is C10H12NNaO3. The Morgan fingerprint density at radius 1 is 1.67 bits per heavy atom. The molecule has 1 unspecified atom stereocenters. The maximum atomic E-state index is 10.8. The molecule has 0 radical (unpaired) electrons. The Balaban J connectivity index is 0.00000196. The zero-order valence-corrected chi connectivity index (χ0v) is 11.2. The summed E-state index contributed by atoms with van der Waals surface area (Å²) in [6.07, 6.45) is 1.99. The molecule has 1 heterocycles. The first-order valence-electron chi connectivity index (χ1n) is 4.40. The van der Waals surface area contributed by atoms with Crippen molar-refractivity contribution in [3.8, 4) is 5.75 Å². The number of rotatable bonds is 4. The first kappa shape index (κ1) is 14.4. The summed E-state index contributed by atoms with van der Waals surface area (Å²) in [6, 6.07) is 3.39. The van der Waals surface area contributed by atoms with Crippen molar-refractivity contribution in [3.63, 3.8) is 0 Å². The number of carboxylic acids is 1. The molecule has 0 saturated heterocycles. The fraction of sp³-hybridized carbons (Fsp3) is 0.400. The van der Waals surface area contributed by atoms with Crippen LogP contribution in [0.15, 0.2) is 18.3 Å².